The van der Waals surface area contributed by atoms with E-state index in [1.54, 1.807) is 29.4 Å². The van der Waals surface area contributed by atoms with Crippen LogP contribution in [0.25, 0.3) is 4.96 Å². The smallest absolute Gasteiger partial charge is 0.194 e. The van der Waals surface area contributed by atoms with E-state index in [9.17, 15) is 0 Å². The lowest BCUT2D eigenvalue weighted by Crippen LogP contribution is -2.13. The van der Waals surface area contributed by atoms with E-state index in [0.29, 0.717) is 0 Å². The molecule has 0 aliphatic rings. The molecule has 1 N–H and O–H groups in total. The van der Waals surface area contributed by atoms with E-state index in [0.717, 1.165) is 27.4 Å². The van der Waals surface area contributed by atoms with Crippen LogP contribution in [0, 0.1) is 0 Å². The molecule has 8 heteroatoms. The highest BCUT2D eigenvalue weighted by Gasteiger charge is 2.15. The Hall–Kier alpha value is -0.960. The third kappa shape index (κ3) is 2.28. The summed E-state index contributed by atoms with van der Waals surface area (Å²) in [4.78, 5) is 9.86. The van der Waals surface area contributed by atoms with E-state index in [-0.39, 0.29) is 0 Å². The van der Waals surface area contributed by atoms with Gasteiger partial charge in [-0.2, -0.15) is 4.37 Å². The Bertz CT molecular complexity index is 627. The van der Waals surface area contributed by atoms with Gasteiger partial charge in [-0.05, 0) is 29.8 Å². The topological polar surface area (TPSA) is 55.1 Å². The Morgan fingerprint density at radius 3 is 3.22 bits per heavy atom. The summed E-state index contributed by atoms with van der Waals surface area (Å²) >= 11 is 4.63. The summed E-state index contributed by atoms with van der Waals surface area (Å²) in [7, 11) is 0. The highest BCUT2D eigenvalue weighted by molar-refractivity contribution is 8.00. The predicted octanol–water partition coefficient (Wildman–Crippen LogP) is 2.51. The number of rotatable bonds is 5. The van der Waals surface area contributed by atoms with E-state index >= 15 is 0 Å². The molecule has 3 rings (SSSR count). The minimum Gasteiger partial charge on any atom is -0.311 e. The Kier molecular flexibility index (Phi) is 3.59. The van der Waals surface area contributed by atoms with Crippen LogP contribution in [0.4, 0.5) is 0 Å². The fourth-order valence-corrected chi connectivity index (χ4v) is 3.86. The molecule has 3 heterocycles. The minimum absolute atomic E-state index is 0.815. The monoisotopic (exact) mass is 297 g/mol. The molecule has 0 aliphatic carbocycles. The van der Waals surface area contributed by atoms with Gasteiger partial charge in [-0.1, -0.05) is 6.92 Å². The average molecular weight is 297 g/mol. The molecule has 0 saturated carbocycles. The number of hydrogen-bond donors (Lipinski definition) is 1. The summed E-state index contributed by atoms with van der Waals surface area (Å²) in [5, 5.41) is 6.42. The molecule has 0 aromatic carbocycles. The molecule has 0 bridgehead atoms. The molecule has 0 saturated heterocycles. The van der Waals surface area contributed by atoms with Crippen molar-refractivity contribution >= 4 is 39.6 Å². The first-order valence-electron chi connectivity index (χ1n) is 5.48. The van der Waals surface area contributed by atoms with E-state index < -0.39 is 0 Å². The average Bonchev–Trinajstić information content (AvgIpc) is 3.04. The number of imidazole rings is 1. The van der Waals surface area contributed by atoms with Gasteiger partial charge in [0.05, 0.1) is 5.69 Å². The molecule has 0 atom stereocenters. The summed E-state index contributed by atoms with van der Waals surface area (Å²) in [5.74, 6) is 0. The van der Waals surface area contributed by atoms with E-state index in [1.807, 2.05) is 0 Å². The first-order valence-corrected chi connectivity index (χ1v) is 7.95. The minimum atomic E-state index is 0.815. The lowest BCUT2D eigenvalue weighted by atomic mass is 10.4. The van der Waals surface area contributed by atoms with Crippen LogP contribution in [0.5, 0.6) is 0 Å². The van der Waals surface area contributed by atoms with Gasteiger partial charge in [0, 0.05) is 18.1 Å². The summed E-state index contributed by atoms with van der Waals surface area (Å²) in [6.45, 7) is 3.86. The maximum atomic E-state index is 4.64. The van der Waals surface area contributed by atoms with Crippen LogP contribution in [-0.4, -0.2) is 25.3 Å². The molecule has 0 fully saturated rings. The van der Waals surface area contributed by atoms with Crippen molar-refractivity contribution in [3.63, 3.8) is 0 Å². The number of nitrogens with zero attached hydrogens (tertiary/aromatic N) is 4. The number of hydrogen-bond acceptors (Lipinski definition) is 7. The molecule has 94 valence electrons. The van der Waals surface area contributed by atoms with Crippen molar-refractivity contribution in [2.24, 2.45) is 0 Å². The molecule has 3 aromatic heterocycles. The second-order valence-corrected chi connectivity index (χ2v) is 6.40. The van der Waals surface area contributed by atoms with Crippen LogP contribution in [-0.2, 0) is 6.54 Å². The fourth-order valence-electron chi connectivity index (χ4n) is 1.59. The first-order chi connectivity index (χ1) is 8.88. The molecule has 18 heavy (non-hydrogen) atoms. The lowest BCUT2D eigenvalue weighted by Gasteiger charge is -2.02. The van der Waals surface area contributed by atoms with Gasteiger partial charge >= 0.3 is 0 Å². The lowest BCUT2D eigenvalue weighted by molar-refractivity contribution is 0.694. The molecular weight excluding hydrogens is 286 g/mol. The third-order valence-electron chi connectivity index (χ3n) is 2.39. The van der Waals surface area contributed by atoms with Crippen molar-refractivity contribution in [2.75, 3.05) is 6.54 Å². The van der Waals surface area contributed by atoms with Crippen LogP contribution >= 0.6 is 34.6 Å². The van der Waals surface area contributed by atoms with Gasteiger partial charge in [0.1, 0.15) is 11.4 Å². The Balaban J connectivity index is 1.96. The van der Waals surface area contributed by atoms with Crippen LogP contribution < -0.4 is 5.32 Å². The van der Waals surface area contributed by atoms with Gasteiger partial charge in [0.25, 0.3) is 0 Å². The number of aromatic nitrogens is 4. The first kappa shape index (κ1) is 12.1. The normalized spacial score (nSPS) is 11.4. The second kappa shape index (κ2) is 5.35. The maximum Gasteiger partial charge on any atom is 0.194 e. The molecule has 0 aliphatic heterocycles. The summed E-state index contributed by atoms with van der Waals surface area (Å²) in [5.41, 5.74) is 1.19. The zero-order valence-electron chi connectivity index (χ0n) is 9.66. The second-order valence-electron chi connectivity index (χ2n) is 3.51. The molecule has 3 aromatic rings. The van der Waals surface area contributed by atoms with Crippen molar-refractivity contribution in [2.45, 2.75) is 22.8 Å². The van der Waals surface area contributed by atoms with Crippen molar-refractivity contribution in [1.29, 1.82) is 0 Å². The molecule has 0 unspecified atom stereocenters. The maximum absolute atomic E-state index is 4.64. The molecular formula is C10H11N5S3. The Labute approximate surface area is 116 Å². The quantitative estimate of drug-likeness (QED) is 0.784. The third-order valence-corrected chi connectivity index (χ3v) is 4.88. The van der Waals surface area contributed by atoms with Gasteiger partial charge in [0.2, 0.25) is 0 Å². The zero-order valence-corrected chi connectivity index (χ0v) is 12.1. The number of nitrogens with one attached hydrogen (secondary N) is 1. The Morgan fingerprint density at radius 1 is 1.50 bits per heavy atom. The van der Waals surface area contributed by atoms with Crippen molar-refractivity contribution in [3.8, 4) is 0 Å². The SMILES string of the molecule is CCNCc1c(Sc2ncns2)nc2sccn12. The highest BCUT2D eigenvalue weighted by Crippen LogP contribution is 2.32. The van der Waals surface area contributed by atoms with Gasteiger partial charge in [0.15, 0.2) is 9.30 Å². The summed E-state index contributed by atoms with van der Waals surface area (Å²) in [6, 6.07) is 0. The van der Waals surface area contributed by atoms with Crippen molar-refractivity contribution in [3.05, 3.63) is 23.6 Å². The van der Waals surface area contributed by atoms with E-state index in [1.165, 1.54) is 17.2 Å². The van der Waals surface area contributed by atoms with Gasteiger partial charge < -0.3 is 5.32 Å². The van der Waals surface area contributed by atoms with Crippen LogP contribution in [0.1, 0.15) is 12.6 Å². The number of thiazole rings is 1. The van der Waals surface area contributed by atoms with Crippen LogP contribution in [0.15, 0.2) is 27.3 Å². The molecule has 0 spiro atoms. The van der Waals surface area contributed by atoms with Gasteiger partial charge in [-0.25, -0.2) is 9.97 Å². The predicted molar refractivity (Wildman–Crippen MR) is 74.5 cm³/mol. The Morgan fingerprint density at radius 2 is 2.44 bits per heavy atom. The summed E-state index contributed by atoms with van der Waals surface area (Å²) < 4.78 is 7.08. The largest absolute Gasteiger partial charge is 0.311 e. The molecule has 0 radical (unpaired) electrons. The summed E-state index contributed by atoms with van der Waals surface area (Å²) in [6.07, 6.45) is 3.64. The van der Waals surface area contributed by atoms with Crippen LogP contribution in [0.2, 0.25) is 0 Å². The van der Waals surface area contributed by atoms with Gasteiger partial charge in [-0.15, -0.1) is 11.3 Å². The fraction of sp³-hybridized carbons (Fsp3) is 0.300. The van der Waals surface area contributed by atoms with E-state index in [2.05, 4.69) is 42.6 Å². The van der Waals surface area contributed by atoms with Crippen molar-refractivity contribution in [1.82, 2.24) is 24.1 Å². The van der Waals surface area contributed by atoms with E-state index in [4.69, 9.17) is 0 Å². The van der Waals surface area contributed by atoms with Gasteiger partial charge in [-0.3, -0.25) is 4.40 Å². The highest BCUT2D eigenvalue weighted by atomic mass is 32.2. The number of fused-ring (bicyclic) bond motifs is 1. The standard InChI is InChI=1S/C10H11N5S3/c1-2-11-5-7-8(17-10-12-6-13-18-10)14-9-15(7)3-4-16-9/h3-4,6,11H,2,5H2,1H3. The molecule has 5 nitrogen and oxygen atoms in total. The van der Waals surface area contributed by atoms with Crippen molar-refractivity contribution < 1.29 is 0 Å². The van der Waals surface area contributed by atoms with Crippen LogP contribution in [0.3, 0.4) is 0 Å². The molecule has 0 amide bonds. The zero-order chi connectivity index (χ0) is 12.4.